The van der Waals surface area contributed by atoms with E-state index in [0.29, 0.717) is 28.9 Å². The Labute approximate surface area is 167 Å². The van der Waals surface area contributed by atoms with E-state index in [1.807, 2.05) is 37.3 Å². The molecule has 0 fully saturated rings. The smallest absolute Gasteiger partial charge is 0.275 e. The van der Waals surface area contributed by atoms with Crippen LogP contribution >= 0.6 is 0 Å². The average molecular weight is 387 g/mol. The first-order valence-electron chi connectivity index (χ1n) is 9.82. The van der Waals surface area contributed by atoms with Crippen LogP contribution in [0.15, 0.2) is 51.7 Å². The van der Waals surface area contributed by atoms with Gasteiger partial charge in [-0.1, -0.05) is 19.1 Å². The summed E-state index contributed by atoms with van der Waals surface area (Å²) in [7, 11) is 0. The highest BCUT2D eigenvalue weighted by atomic mass is 16.3. The third kappa shape index (κ3) is 3.23. The highest BCUT2D eigenvalue weighted by Crippen LogP contribution is 2.24. The van der Waals surface area contributed by atoms with Gasteiger partial charge in [0.25, 0.3) is 5.56 Å². The summed E-state index contributed by atoms with van der Waals surface area (Å²) in [4.78, 5) is 21.7. The van der Waals surface area contributed by atoms with E-state index in [4.69, 9.17) is 4.42 Å². The van der Waals surface area contributed by atoms with Crippen LogP contribution in [-0.2, 0) is 0 Å². The lowest BCUT2D eigenvalue weighted by Crippen LogP contribution is -2.32. The van der Waals surface area contributed by atoms with Gasteiger partial charge in [0.1, 0.15) is 5.52 Å². The molecule has 1 atom stereocenters. The van der Waals surface area contributed by atoms with Gasteiger partial charge in [-0.3, -0.25) is 4.79 Å². The van der Waals surface area contributed by atoms with Crippen LogP contribution in [0.4, 0.5) is 0 Å². The van der Waals surface area contributed by atoms with E-state index >= 15 is 0 Å². The zero-order valence-corrected chi connectivity index (χ0v) is 16.3. The third-order valence-electron chi connectivity index (χ3n) is 5.35. The topological polar surface area (TPSA) is 85.3 Å². The zero-order chi connectivity index (χ0) is 20.0. The maximum atomic E-state index is 12.8. The number of nitrogens with one attached hydrogen (secondary N) is 1. The molecule has 146 valence electrons. The summed E-state index contributed by atoms with van der Waals surface area (Å²) in [5.74, 6) is 0.609. The molecular formula is C22H21N5O2. The van der Waals surface area contributed by atoms with Gasteiger partial charge in [-0.15, -0.1) is 0 Å². The molecule has 1 aliphatic rings. The molecule has 1 N–H and O–H groups in total. The molecule has 0 spiro atoms. The standard InChI is InChI=1S/C22H21N5O2/c1-3-16-10-15(8-9-23-16)17-6-7-21-25-19(12-22(28)27(21)26-17)14-4-5-18-20(11-14)29-13(2)24-18/h4-8,11-12,16,23H,3,9-10H2,1-2H3. The van der Waals surface area contributed by atoms with E-state index in [1.54, 1.807) is 0 Å². The van der Waals surface area contributed by atoms with Gasteiger partial charge in [-0.2, -0.15) is 9.61 Å². The lowest BCUT2D eigenvalue weighted by atomic mass is 9.98. The fourth-order valence-electron chi connectivity index (χ4n) is 3.78. The first-order chi connectivity index (χ1) is 14.1. The van der Waals surface area contributed by atoms with Crippen LogP contribution in [0, 0.1) is 6.92 Å². The van der Waals surface area contributed by atoms with Crippen molar-refractivity contribution < 1.29 is 4.42 Å². The number of rotatable bonds is 3. The van der Waals surface area contributed by atoms with E-state index in [-0.39, 0.29) is 5.56 Å². The van der Waals surface area contributed by atoms with Crippen molar-refractivity contribution in [1.29, 1.82) is 0 Å². The quantitative estimate of drug-likeness (QED) is 0.580. The van der Waals surface area contributed by atoms with Crippen LogP contribution in [0.5, 0.6) is 0 Å². The summed E-state index contributed by atoms with van der Waals surface area (Å²) in [6.07, 6.45) is 4.11. The van der Waals surface area contributed by atoms with Crippen LogP contribution in [-0.4, -0.2) is 32.2 Å². The number of fused-ring (bicyclic) bond motifs is 2. The predicted molar refractivity (Wildman–Crippen MR) is 112 cm³/mol. The Hall–Kier alpha value is -3.32. The molecule has 1 aliphatic heterocycles. The maximum absolute atomic E-state index is 12.8. The first-order valence-corrected chi connectivity index (χ1v) is 9.82. The second-order valence-electron chi connectivity index (χ2n) is 7.33. The van der Waals surface area contributed by atoms with Gasteiger partial charge in [0, 0.05) is 31.1 Å². The number of hydrogen-bond donors (Lipinski definition) is 1. The molecular weight excluding hydrogens is 366 g/mol. The van der Waals surface area contributed by atoms with Crippen LogP contribution in [0.25, 0.3) is 33.6 Å². The minimum Gasteiger partial charge on any atom is -0.441 e. The van der Waals surface area contributed by atoms with Crippen LogP contribution in [0.3, 0.4) is 0 Å². The lowest BCUT2D eigenvalue weighted by molar-refractivity contribution is 0.520. The van der Waals surface area contributed by atoms with Crippen LogP contribution in [0.2, 0.25) is 0 Å². The molecule has 0 amide bonds. The molecule has 4 heterocycles. The molecule has 4 aromatic rings. The third-order valence-corrected chi connectivity index (χ3v) is 5.35. The number of aryl methyl sites for hydroxylation is 1. The van der Waals surface area contributed by atoms with Crippen molar-refractivity contribution in [2.75, 3.05) is 6.54 Å². The Kier molecular flexibility index (Phi) is 4.24. The monoisotopic (exact) mass is 387 g/mol. The van der Waals surface area contributed by atoms with E-state index in [2.05, 4.69) is 33.4 Å². The van der Waals surface area contributed by atoms with E-state index in [1.165, 1.54) is 16.2 Å². The van der Waals surface area contributed by atoms with Crippen molar-refractivity contribution in [2.45, 2.75) is 32.7 Å². The average Bonchev–Trinajstić information content (AvgIpc) is 3.12. The Morgan fingerprint density at radius 1 is 1.17 bits per heavy atom. The van der Waals surface area contributed by atoms with Gasteiger partial charge in [0.05, 0.1) is 11.4 Å². The fourth-order valence-corrected chi connectivity index (χ4v) is 3.78. The Morgan fingerprint density at radius 2 is 2.07 bits per heavy atom. The van der Waals surface area contributed by atoms with Gasteiger partial charge in [-0.25, -0.2) is 9.97 Å². The summed E-state index contributed by atoms with van der Waals surface area (Å²) >= 11 is 0. The predicted octanol–water partition coefficient (Wildman–Crippen LogP) is 3.36. The number of aromatic nitrogens is 4. The highest BCUT2D eigenvalue weighted by molar-refractivity contribution is 5.79. The van der Waals surface area contributed by atoms with Gasteiger partial charge >= 0.3 is 0 Å². The SMILES string of the molecule is CCC1CC(c2ccc3nc(-c4ccc5nc(C)oc5c4)cc(=O)n3n2)=CCN1. The van der Waals surface area contributed by atoms with Gasteiger partial charge in [-0.05, 0) is 42.7 Å². The van der Waals surface area contributed by atoms with Crippen molar-refractivity contribution >= 4 is 22.3 Å². The molecule has 3 aromatic heterocycles. The first kappa shape index (κ1) is 17.8. The van der Waals surface area contributed by atoms with Gasteiger partial charge in [0.2, 0.25) is 0 Å². The minimum atomic E-state index is -0.206. The second-order valence-corrected chi connectivity index (χ2v) is 7.33. The largest absolute Gasteiger partial charge is 0.441 e. The Bertz CT molecular complexity index is 1320. The number of benzene rings is 1. The molecule has 0 radical (unpaired) electrons. The van der Waals surface area contributed by atoms with Gasteiger partial charge < -0.3 is 9.73 Å². The van der Waals surface area contributed by atoms with Crippen molar-refractivity contribution in [3.05, 3.63) is 64.4 Å². The molecule has 0 saturated heterocycles. The summed E-state index contributed by atoms with van der Waals surface area (Å²) < 4.78 is 6.98. The number of oxazole rings is 1. The molecule has 7 nitrogen and oxygen atoms in total. The van der Waals surface area contributed by atoms with Crippen molar-refractivity contribution in [2.24, 2.45) is 0 Å². The van der Waals surface area contributed by atoms with Gasteiger partial charge in [0.15, 0.2) is 17.1 Å². The zero-order valence-electron chi connectivity index (χ0n) is 16.3. The lowest BCUT2D eigenvalue weighted by Gasteiger charge is -2.22. The molecule has 0 aliphatic carbocycles. The van der Waals surface area contributed by atoms with E-state index in [9.17, 15) is 4.79 Å². The summed E-state index contributed by atoms with van der Waals surface area (Å²) in [5.41, 5.74) is 5.17. The van der Waals surface area contributed by atoms with Crippen molar-refractivity contribution in [3.8, 4) is 11.3 Å². The summed E-state index contributed by atoms with van der Waals surface area (Å²) in [5, 5.41) is 8.03. The normalized spacial score (nSPS) is 17.0. The highest BCUT2D eigenvalue weighted by Gasteiger charge is 2.16. The number of hydrogen-bond acceptors (Lipinski definition) is 6. The second kappa shape index (κ2) is 6.93. The molecule has 5 rings (SSSR count). The van der Waals surface area contributed by atoms with Crippen LogP contribution < -0.4 is 10.9 Å². The molecule has 0 bridgehead atoms. The maximum Gasteiger partial charge on any atom is 0.275 e. The Morgan fingerprint density at radius 3 is 2.93 bits per heavy atom. The number of nitrogens with zero attached hydrogens (tertiary/aromatic N) is 4. The molecule has 29 heavy (non-hydrogen) atoms. The fraction of sp³-hybridized carbons (Fsp3) is 0.273. The molecule has 0 saturated carbocycles. The molecule has 1 aromatic carbocycles. The molecule has 7 heteroatoms. The van der Waals surface area contributed by atoms with Crippen LogP contribution in [0.1, 0.15) is 31.4 Å². The summed E-state index contributed by atoms with van der Waals surface area (Å²) in [6, 6.07) is 11.4. The van der Waals surface area contributed by atoms with Crippen molar-refractivity contribution in [3.63, 3.8) is 0 Å². The Balaban J connectivity index is 1.56. The summed E-state index contributed by atoms with van der Waals surface area (Å²) in [6.45, 7) is 4.80. The van der Waals surface area contributed by atoms with E-state index < -0.39 is 0 Å². The van der Waals surface area contributed by atoms with Crippen molar-refractivity contribution in [1.82, 2.24) is 24.9 Å². The molecule has 1 unspecified atom stereocenters. The minimum absolute atomic E-state index is 0.206. The van der Waals surface area contributed by atoms with E-state index in [0.717, 1.165) is 36.2 Å².